The van der Waals surface area contributed by atoms with Gasteiger partial charge in [0.1, 0.15) is 0 Å². The van der Waals surface area contributed by atoms with Crippen molar-refractivity contribution in [3.8, 4) is 0 Å². The molecule has 196 valence electrons. The first-order chi connectivity index (χ1) is 17.1. The summed E-state index contributed by atoms with van der Waals surface area (Å²) in [5, 5.41) is 19.8. The van der Waals surface area contributed by atoms with E-state index >= 15 is 0 Å². The van der Waals surface area contributed by atoms with Crippen LogP contribution >= 0.6 is 0 Å². The molecule has 0 saturated heterocycles. The van der Waals surface area contributed by atoms with E-state index in [1.54, 1.807) is 12.1 Å². The van der Waals surface area contributed by atoms with E-state index in [9.17, 15) is 15.0 Å². The molecule has 3 nitrogen and oxygen atoms in total. The van der Waals surface area contributed by atoms with Gasteiger partial charge < -0.3 is 10.2 Å². The van der Waals surface area contributed by atoms with E-state index in [0.29, 0.717) is 28.9 Å². The largest absolute Gasteiger partial charge is 0.478 e. The van der Waals surface area contributed by atoms with Crippen molar-refractivity contribution in [2.24, 2.45) is 51.2 Å². The number of aliphatic hydroxyl groups is 1. The van der Waals surface area contributed by atoms with E-state index in [1.165, 1.54) is 68.9 Å². The molecule has 36 heavy (non-hydrogen) atoms. The average Bonchev–Trinajstić information content (AvgIpc) is 3.29. The van der Waals surface area contributed by atoms with Gasteiger partial charge in [0.15, 0.2) is 0 Å². The number of aliphatic hydroxyl groups excluding tert-OH is 1. The summed E-state index contributed by atoms with van der Waals surface area (Å²) < 4.78 is 0. The molecule has 0 amide bonds. The molecule has 3 heteroatoms. The van der Waals surface area contributed by atoms with E-state index < -0.39 is 5.97 Å². The van der Waals surface area contributed by atoms with Gasteiger partial charge >= 0.3 is 5.97 Å². The van der Waals surface area contributed by atoms with Crippen molar-refractivity contribution >= 4 is 11.5 Å². The molecular formula is C33H46O3. The lowest BCUT2D eigenvalue weighted by Gasteiger charge is -2.68. The quantitative estimate of drug-likeness (QED) is 0.454. The summed E-state index contributed by atoms with van der Waals surface area (Å²) >= 11 is 0. The van der Waals surface area contributed by atoms with Gasteiger partial charge in [0.05, 0.1) is 5.56 Å². The van der Waals surface area contributed by atoms with Crippen LogP contribution in [0.2, 0.25) is 0 Å². The van der Waals surface area contributed by atoms with E-state index in [0.717, 1.165) is 30.1 Å². The van der Waals surface area contributed by atoms with Gasteiger partial charge in [-0.05, 0) is 132 Å². The van der Waals surface area contributed by atoms with Gasteiger partial charge in [-0.2, -0.15) is 0 Å². The number of carboxylic acid groups (broad SMARTS) is 1. The molecule has 1 aromatic rings. The highest BCUT2D eigenvalue weighted by molar-refractivity contribution is 5.88. The first kappa shape index (κ1) is 24.7. The Kier molecular flexibility index (Phi) is 5.62. The SMILES string of the molecule is CC1(C)C(c2ccc(C(=O)O)cc2)=CC[C@@]2(C)C1CC[C@@]1(C)C3CC[C@@]4(CO)CCCC4[C@H]3CCC12. The maximum Gasteiger partial charge on any atom is 0.335 e. The van der Waals surface area contributed by atoms with Crippen LogP contribution in [-0.2, 0) is 0 Å². The maximum atomic E-state index is 11.4. The molecule has 0 aromatic heterocycles. The van der Waals surface area contributed by atoms with Crippen LogP contribution in [0.1, 0.15) is 108 Å². The van der Waals surface area contributed by atoms with E-state index in [-0.39, 0.29) is 10.8 Å². The summed E-state index contributed by atoms with van der Waals surface area (Å²) in [7, 11) is 0. The lowest BCUT2D eigenvalue weighted by Crippen LogP contribution is -2.61. The minimum Gasteiger partial charge on any atom is -0.478 e. The molecule has 0 spiro atoms. The average molecular weight is 491 g/mol. The smallest absolute Gasteiger partial charge is 0.335 e. The highest BCUT2D eigenvalue weighted by Crippen LogP contribution is 2.73. The summed E-state index contributed by atoms with van der Waals surface area (Å²) in [5.74, 6) is 2.96. The Morgan fingerprint density at radius 3 is 2.31 bits per heavy atom. The third-order valence-electron chi connectivity index (χ3n) is 13.0. The molecule has 4 saturated carbocycles. The van der Waals surface area contributed by atoms with Crippen molar-refractivity contribution in [1.29, 1.82) is 0 Å². The monoisotopic (exact) mass is 490 g/mol. The molecule has 4 fully saturated rings. The topological polar surface area (TPSA) is 57.5 Å². The van der Waals surface area contributed by atoms with Gasteiger partial charge in [-0.15, -0.1) is 0 Å². The molecule has 8 atom stereocenters. The minimum atomic E-state index is -0.857. The zero-order valence-corrected chi connectivity index (χ0v) is 22.9. The van der Waals surface area contributed by atoms with Crippen LogP contribution in [0, 0.1) is 51.2 Å². The third-order valence-corrected chi connectivity index (χ3v) is 13.0. The van der Waals surface area contributed by atoms with Crippen LogP contribution in [-0.4, -0.2) is 22.8 Å². The maximum absolute atomic E-state index is 11.4. The van der Waals surface area contributed by atoms with Crippen molar-refractivity contribution < 1.29 is 15.0 Å². The van der Waals surface area contributed by atoms with Gasteiger partial charge in [-0.3, -0.25) is 0 Å². The normalized spacial score (nSPS) is 45.0. The second-order valence-electron chi connectivity index (χ2n) is 14.5. The van der Waals surface area contributed by atoms with Crippen molar-refractivity contribution in [3.63, 3.8) is 0 Å². The summed E-state index contributed by atoms with van der Waals surface area (Å²) in [6, 6.07) is 7.57. The Morgan fingerprint density at radius 2 is 1.61 bits per heavy atom. The summed E-state index contributed by atoms with van der Waals surface area (Å²) in [6.07, 6.45) is 15.5. The second-order valence-corrected chi connectivity index (χ2v) is 14.5. The van der Waals surface area contributed by atoms with E-state index in [2.05, 4.69) is 33.8 Å². The Bertz CT molecular complexity index is 1070. The van der Waals surface area contributed by atoms with Gasteiger partial charge in [0.25, 0.3) is 0 Å². The number of benzene rings is 1. The predicted octanol–water partition coefficient (Wildman–Crippen LogP) is 7.84. The fourth-order valence-corrected chi connectivity index (χ4v) is 11.5. The highest BCUT2D eigenvalue weighted by Gasteiger charge is 2.65. The van der Waals surface area contributed by atoms with Crippen LogP contribution in [0.5, 0.6) is 0 Å². The number of aromatic carboxylic acids is 1. The lowest BCUT2D eigenvalue weighted by molar-refractivity contribution is -0.181. The van der Waals surface area contributed by atoms with Crippen LogP contribution in [0.4, 0.5) is 0 Å². The molecule has 0 heterocycles. The number of allylic oxidation sites excluding steroid dienone is 2. The number of fused-ring (bicyclic) bond motifs is 7. The Hall–Kier alpha value is -1.61. The fraction of sp³-hybridized carbons (Fsp3) is 0.727. The van der Waals surface area contributed by atoms with Crippen molar-refractivity contribution in [3.05, 3.63) is 41.5 Å². The van der Waals surface area contributed by atoms with Crippen molar-refractivity contribution in [2.75, 3.05) is 6.61 Å². The third kappa shape index (κ3) is 3.23. The molecule has 0 radical (unpaired) electrons. The van der Waals surface area contributed by atoms with Gasteiger partial charge in [0, 0.05) is 6.61 Å². The first-order valence-corrected chi connectivity index (χ1v) is 14.7. The van der Waals surface area contributed by atoms with Gasteiger partial charge in [-0.1, -0.05) is 52.3 Å². The zero-order chi connectivity index (χ0) is 25.5. The molecule has 0 bridgehead atoms. The van der Waals surface area contributed by atoms with Gasteiger partial charge in [-0.25, -0.2) is 4.79 Å². The number of hydrogen-bond acceptors (Lipinski definition) is 2. The molecule has 1 aromatic carbocycles. The summed E-state index contributed by atoms with van der Waals surface area (Å²) in [5.41, 5.74) is 4.01. The van der Waals surface area contributed by atoms with Crippen LogP contribution in [0.15, 0.2) is 30.3 Å². The fourth-order valence-electron chi connectivity index (χ4n) is 11.5. The molecule has 2 N–H and O–H groups in total. The summed E-state index contributed by atoms with van der Waals surface area (Å²) in [6.45, 7) is 10.6. The Balaban J connectivity index is 1.32. The number of carbonyl (C=O) groups is 1. The molecule has 0 aliphatic heterocycles. The molecule has 4 unspecified atom stereocenters. The zero-order valence-electron chi connectivity index (χ0n) is 22.9. The standard InChI is InChI=1S/C33H46O3/c1-30(2)24(21-7-9-22(10-8-21)29(35)36)13-17-32(4)27(30)15-18-31(3)25-14-19-33(20-34)16-5-6-26(33)23(25)11-12-28(31)32/h7-10,13,23,25-28,34H,5-6,11-12,14-20H2,1-4H3,(H,35,36)/t23-,25?,26?,27?,28?,31-,32-,33+/m0/s1. The van der Waals surface area contributed by atoms with Crippen LogP contribution in [0.3, 0.4) is 0 Å². The molecule has 5 aliphatic carbocycles. The highest BCUT2D eigenvalue weighted by atomic mass is 16.4. The number of carboxylic acids is 1. The van der Waals surface area contributed by atoms with Gasteiger partial charge in [0.2, 0.25) is 0 Å². The van der Waals surface area contributed by atoms with Crippen LogP contribution < -0.4 is 0 Å². The number of hydrogen-bond donors (Lipinski definition) is 2. The van der Waals surface area contributed by atoms with Crippen molar-refractivity contribution in [1.82, 2.24) is 0 Å². The van der Waals surface area contributed by atoms with E-state index in [4.69, 9.17) is 0 Å². The molecular weight excluding hydrogens is 444 g/mol. The number of rotatable bonds is 3. The first-order valence-electron chi connectivity index (χ1n) is 14.7. The minimum absolute atomic E-state index is 0.0694. The van der Waals surface area contributed by atoms with E-state index in [1.807, 2.05) is 12.1 Å². The second kappa shape index (κ2) is 8.19. The van der Waals surface area contributed by atoms with Crippen LogP contribution in [0.25, 0.3) is 5.57 Å². The Morgan fingerprint density at radius 1 is 0.861 bits per heavy atom. The summed E-state index contributed by atoms with van der Waals surface area (Å²) in [4.78, 5) is 11.4. The predicted molar refractivity (Wildman–Crippen MR) is 145 cm³/mol. The lowest BCUT2D eigenvalue weighted by atomic mass is 9.36. The Labute approximate surface area is 217 Å². The molecule has 6 rings (SSSR count). The molecule has 5 aliphatic rings. The van der Waals surface area contributed by atoms with Crippen molar-refractivity contribution in [2.45, 2.75) is 91.9 Å².